The molecule has 3 atom stereocenters. The van der Waals surface area contributed by atoms with Gasteiger partial charge in [-0.05, 0) is 27.2 Å². The summed E-state index contributed by atoms with van der Waals surface area (Å²) < 4.78 is 5.12. The van der Waals surface area contributed by atoms with E-state index >= 15 is 0 Å². The highest BCUT2D eigenvalue weighted by atomic mass is 16.6. The van der Waals surface area contributed by atoms with Crippen LogP contribution in [0, 0.1) is 0 Å². The highest BCUT2D eigenvalue weighted by molar-refractivity contribution is 5.69. The van der Waals surface area contributed by atoms with E-state index in [1.807, 2.05) is 0 Å². The van der Waals surface area contributed by atoms with Crippen LogP contribution in [0.15, 0.2) is 0 Å². The second kappa shape index (κ2) is 6.09. The lowest BCUT2D eigenvalue weighted by Gasteiger charge is -2.41. The maximum absolute atomic E-state index is 11.5. The van der Waals surface area contributed by atoms with Crippen LogP contribution < -0.4 is 5.32 Å². The van der Waals surface area contributed by atoms with Crippen LogP contribution in [0.1, 0.15) is 59.8 Å². The SMILES string of the molecule is CCCCC[C@](C)(O)[C@@H](O)[C@@H]1CC(C)(C)OC(=O)N1. The second-order valence-electron chi connectivity index (χ2n) is 6.36. The monoisotopic (exact) mass is 273 g/mol. The van der Waals surface area contributed by atoms with Gasteiger partial charge in [0, 0.05) is 6.42 Å². The summed E-state index contributed by atoms with van der Waals surface area (Å²) in [6.07, 6.45) is 2.42. The summed E-state index contributed by atoms with van der Waals surface area (Å²) >= 11 is 0. The van der Waals surface area contributed by atoms with Gasteiger partial charge >= 0.3 is 6.09 Å². The lowest BCUT2D eigenvalue weighted by molar-refractivity contribution is -0.105. The minimum absolute atomic E-state index is 0.476. The van der Waals surface area contributed by atoms with Crippen molar-refractivity contribution in [3.8, 4) is 0 Å². The molecule has 0 aromatic carbocycles. The van der Waals surface area contributed by atoms with Crippen molar-refractivity contribution in [2.75, 3.05) is 0 Å². The van der Waals surface area contributed by atoms with Crippen LogP contribution in [-0.2, 0) is 4.74 Å². The van der Waals surface area contributed by atoms with Gasteiger partial charge in [0.15, 0.2) is 0 Å². The molecule has 1 saturated heterocycles. The number of aliphatic hydroxyl groups is 2. The summed E-state index contributed by atoms with van der Waals surface area (Å²) in [5.41, 5.74) is -1.81. The second-order valence-corrected chi connectivity index (χ2v) is 6.36. The van der Waals surface area contributed by atoms with Crippen molar-refractivity contribution in [3.05, 3.63) is 0 Å². The van der Waals surface area contributed by atoms with Crippen LogP contribution in [0.5, 0.6) is 0 Å². The Morgan fingerprint density at radius 2 is 2.16 bits per heavy atom. The first kappa shape index (κ1) is 16.2. The molecule has 1 fully saturated rings. The first-order chi connectivity index (χ1) is 8.68. The van der Waals surface area contributed by atoms with Crippen LogP contribution >= 0.6 is 0 Å². The Balaban J connectivity index is 2.64. The molecule has 0 aromatic heterocycles. The normalized spacial score (nSPS) is 27.1. The van der Waals surface area contributed by atoms with Gasteiger partial charge in [0.25, 0.3) is 0 Å². The molecule has 0 saturated carbocycles. The highest BCUT2D eigenvalue weighted by Crippen LogP contribution is 2.29. The number of ether oxygens (including phenoxy) is 1. The van der Waals surface area contributed by atoms with Crippen LogP contribution in [0.25, 0.3) is 0 Å². The third-order valence-corrected chi connectivity index (χ3v) is 3.69. The van der Waals surface area contributed by atoms with Crippen molar-refractivity contribution in [2.45, 2.75) is 83.1 Å². The lowest BCUT2D eigenvalue weighted by atomic mass is 9.83. The van der Waals surface area contributed by atoms with Crippen LogP contribution in [0.3, 0.4) is 0 Å². The van der Waals surface area contributed by atoms with E-state index in [2.05, 4.69) is 12.2 Å². The molecule has 1 heterocycles. The van der Waals surface area contributed by atoms with Gasteiger partial charge in [-0.15, -0.1) is 0 Å². The number of aliphatic hydroxyl groups excluding tert-OH is 1. The van der Waals surface area contributed by atoms with E-state index in [1.165, 1.54) is 0 Å². The Hall–Kier alpha value is -0.810. The fourth-order valence-electron chi connectivity index (χ4n) is 2.56. The third-order valence-electron chi connectivity index (χ3n) is 3.69. The first-order valence-electron chi connectivity index (χ1n) is 7.08. The molecule has 19 heavy (non-hydrogen) atoms. The van der Waals surface area contributed by atoms with Gasteiger partial charge in [-0.1, -0.05) is 26.2 Å². The molecular weight excluding hydrogens is 246 g/mol. The molecule has 0 bridgehead atoms. The molecule has 0 unspecified atom stereocenters. The average molecular weight is 273 g/mol. The lowest BCUT2D eigenvalue weighted by Crippen LogP contribution is -2.60. The summed E-state index contributed by atoms with van der Waals surface area (Å²) in [6, 6.07) is -0.479. The summed E-state index contributed by atoms with van der Waals surface area (Å²) in [7, 11) is 0. The van der Waals surface area contributed by atoms with Crippen LogP contribution in [0.4, 0.5) is 4.79 Å². The summed E-state index contributed by atoms with van der Waals surface area (Å²) in [5.74, 6) is 0. The number of hydrogen-bond acceptors (Lipinski definition) is 4. The van der Waals surface area contributed by atoms with Crippen molar-refractivity contribution < 1.29 is 19.7 Å². The molecule has 1 rings (SSSR count). The van der Waals surface area contributed by atoms with Crippen molar-refractivity contribution in [3.63, 3.8) is 0 Å². The fourth-order valence-corrected chi connectivity index (χ4v) is 2.56. The minimum Gasteiger partial charge on any atom is -0.443 e. The van der Waals surface area contributed by atoms with E-state index in [9.17, 15) is 15.0 Å². The van der Waals surface area contributed by atoms with Crippen molar-refractivity contribution in [1.29, 1.82) is 0 Å². The molecule has 1 amide bonds. The Bertz CT molecular complexity index is 315. The largest absolute Gasteiger partial charge is 0.443 e. The molecule has 5 heteroatoms. The molecule has 1 aliphatic heterocycles. The van der Waals surface area contributed by atoms with Gasteiger partial charge in [-0.3, -0.25) is 0 Å². The average Bonchev–Trinajstić information content (AvgIpc) is 2.25. The zero-order valence-corrected chi connectivity index (χ0v) is 12.4. The third kappa shape index (κ3) is 4.66. The van der Waals surface area contributed by atoms with E-state index in [1.54, 1.807) is 20.8 Å². The summed E-state index contributed by atoms with van der Waals surface area (Å²) in [4.78, 5) is 11.5. The molecule has 0 radical (unpaired) electrons. The minimum atomic E-state index is -1.19. The molecule has 112 valence electrons. The summed E-state index contributed by atoms with van der Waals surface area (Å²) in [6.45, 7) is 7.32. The number of carbonyl (C=O) groups is 1. The zero-order valence-electron chi connectivity index (χ0n) is 12.4. The Morgan fingerprint density at radius 3 is 2.68 bits per heavy atom. The predicted octanol–water partition coefficient (Wildman–Crippen LogP) is 1.96. The van der Waals surface area contributed by atoms with Gasteiger partial charge in [-0.2, -0.15) is 0 Å². The van der Waals surface area contributed by atoms with Crippen molar-refractivity contribution in [2.24, 2.45) is 0 Å². The van der Waals surface area contributed by atoms with Gasteiger partial charge in [0.05, 0.1) is 11.6 Å². The van der Waals surface area contributed by atoms with Gasteiger partial charge in [0.2, 0.25) is 0 Å². The standard InChI is InChI=1S/C14H27NO4/c1-5-6-7-8-14(4,18)11(16)10-9-13(2,3)19-12(17)15-10/h10-11,16,18H,5-9H2,1-4H3,(H,15,17)/t10-,11-,14-/m0/s1. The Kier molecular flexibility index (Phi) is 5.21. The predicted molar refractivity (Wildman–Crippen MR) is 72.9 cm³/mol. The van der Waals surface area contributed by atoms with Gasteiger partial charge in [-0.25, -0.2) is 4.79 Å². The smallest absolute Gasteiger partial charge is 0.407 e. The maximum Gasteiger partial charge on any atom is 0.407 e. The number of rotatable bonds is 6. The van der Waals surface area contributed by atoms with E-state index in [4.69, 9.17) is 4.74 Å². The van der Waals surface area contributed by atoms with Crippen LogP contribution in [0.2, 0.25) is 0 Å². The Morgan fingerprint density at radius 1 is 1.53 bits per heavy atom. The number of cyclic esters (lactones) is 1. The van der Waals surface area contributed by atoms with E-state index in [0.717, 1.165) is 19.3 Å². The first-order valence-corrected chi connectivity index (χ1v) is 7.08. The number of hydrogen-bond donors (Lipinski definition) is 3. The molecule has 3 N–H and O–H groups in total. The van der Waals surface area contributed by atoms with Crippen molar-refractivity contribution >= 4 is 6.09 Å². The molecule has 0 spiro atoms. The number of carbonyl (C=O) groups excluding carboxylic acids is 1. The molecule has 0 aromatic rings. The van der Waals surface area contributed by atoms with Gasteiger partial charge < -0.3 is 20.3 Å². The molecular formula is C14H27NO4. The molecule has 5 nitrogen and oxygen atoms in total. The number of nitrogens with one attached hydrogen (secondary N) is 1. The Labute approximate surface area is 115 Å². The fraction of sp³-hybridized carbons (Fsp3) is 0.929. The van der Waals surface area contributed by atoms with Crippen molar-refractivity contribution in [1.82, 2.24) is 5.32 Å². The van der Waals surface area contributed by atoms with E-state index < -0.39 is 29.4 Å². The topological polar surface area (TPSA) is 78.8 Å². The number of amides is 1. The number of alkyl carbamates (subject to hydrolysis) is 1. The molecule has 0 aliphatic carbocycles. The quantitative estimate of drug-likeness (QED) is 0.646. The molecule has 1 aliphatic rings. The summed E-state index contributed by atoms with van der Waals surface area (Å²) in [5, 5.41) is 23.3. The van der Waals surface area contributed by atoms with Crippen LogP contribution in [-0.4, -0.2) is 39.7 Å². The van der Waals surface area contributed by atoms with Gasteiger partial charge in [0.1, 0.15) is 11.7 Å². The van der Waals surface area contributed by atoms with E-state index in [-0.39, 0.29) is 0 Å². The highest BCUT2D eigenvalue weighted by Gasteiger charge is 2.43. The number of unbranched alkanes of at least 4 members (excludes halogenated alkanes) is 2. The van der Waals surface area contributed by atoms with E-state index in [0.29, 0.717) is 12.8 Å². The zero-order chi connectivity index (χ0) is 14.7. The maximum atomic E-state index is 11.5.